The van der Waals surface area contributed by atoms with Crippen molar-refractivity contribution in [2.75, 3.05) is 6.61 Å². The minimum atomic E-state index is -5.17. The fraction of sp³-hybridized carbons (Fsp3) is 0.636. The summed E-state index contributed by atoms with van der Waals surface area (Å²) in [5.74, 6) is -4.66. The van der Waals surface area contributed by atoms with E-state index in [0.29, 0.717) is 0 Å². The van der Waals surface area contributed by atoms with Gasteiger partial charge in [0, 0.05) is 10.4 Å². The predicted octanol–water partition coefficient (Wildman–Crippen LogP) is 4.15. The summed E-state index contributed by atoms with van der Waals surface area (Å²) in [5.41, 5.74) is 0. The molecule has 0 atom stereocenters. The summed E-state index contributed by atoms with van der Waals surface area (Å²) in [4.78, 5) is 0. The standard InChI is InChI=1S/C22H38O6.Mg.H2O4S/c1-6-11-12-13-14-15-16-17-18-19-20-28-22(26-9-4,27-10-5)21(23,24-7-2)25-8-3;;1-5(2,3)4/h7-10,23H,2-6,11-20H2,1H3;;(H2,1,2,3,4)/q;+2;/p-2. The van der Waals surface area contributed by atoms with Crippen LogP contribution in [0.25, 0.3) is 0 Å². The maximum atomic E-state index is 10.7. The SMILES string of the molecule is C=COC(O)(OC=C)C(OC=C)(OC=C)OCCCCCCCCCCCC.O=S(=O)([O-])[O-].[Mg+2]. The van der Waals surface area contributed by atoms with Crippen molar-refractivity contribution >= 4 is 33.5 Å². The van der Waals surface area contributed by atoms with Crippen LogP contribution in [0.5, 0.6) is 0 Å². The van der Waals surface area contributed by atoms with E-state index in [4.69, 9.17) is 41.2 Å². The van der Waals surface area contributed by atoms with Crippen LogP contribution in [0, 0.1) is 0 Å². The summed E-state index contributed by atoms with van der Waals surface area (Å²) < 4.78 is 60.4. The van der Waals surface area contributed by atoms with Crippen molar-refractivity contribution in [1.82, 2.24) is 0 Å². The van der Waals surface area contributed by atoms with Crippen molar-refractivity contribution in [3.05, 3.63) is 51.4 Å². The van der Waals surface area contributed by atoms with E-state index in [0.717, 1.165) is 44.3 Å². The van der Waals surface area contributed by atoms with Crippen molar-refractivity contribution in [2.24, 2.45) is 0 Å². The van der Waals surface area contributed by atoms with Crippen molar-refractivity contribution in [3.8, 4) is 0 Å². The number of unbranched alkanes of at least 4 members (excludes halogenated alkanes) is 9. The van der Waals surface area contributed by atoms with E-state index < -0.39 is 22.3 Å². The molecule has 0 unspecified atom stereocenters. The average Bonchev–Trinajstić information content (AvgIpc) is 2.71. The normalized spacial score (nSPS) is 11.1. The predicted molar refractivity (Wildman–Crippen MR) is 127 cm³/mol. The van der Waals surface area contributed by atoms with Gasteiger partial charge >= 0.3 is 35.0 Å². The fourth-order valence-electron chi connectivity index (χ4n) is 2.75. The first-order valence-corrected chi connectivity index (χ1v) is 12.1. The first-order valence-electron chi connectivity index (χ1n) is 10.7. The third-order valence-corrected chi connectivity index (χ3v) is 4.14. The Kier molecular flexibility index (Phi) is 24.3. The quantitative estimate of drug-likeness (QED) is 0.0586. The molecule has 0 amide bonds. The zero-order chi connectivity index (χ0) is 25.6. The molecule has 1 N–H and O–H groups in total. The second-order valence-electron chi connectivity index (χ2n) is 6.71. The van der Waals surface area contributed by atoms with Crippen LogP contribution in [-0.2, 0) is 34.1 Å². The van der Waals surface area contributed by atoms with Crippen LogP contribution in [-0.4, -0.2) is 64.2 Å². The van der Waals surface area contributed by atoms with E-state index in [-0.39, 0.29) is 29.7 Å². The van der Waals surface area contributed by atoms with Crippen LogP contribution in [0.1, 0.15) is 71.1 Å². The molecule has 0 aliphatic carbocycles. The van der Waals surface area contributed by atoms with Crippen molar-refractivity contribution in [3.63, 3.8) is 0 Å². The maximum Gasteiger partial charge on any atom is 2.00 e. The molecule has 0 heterocycles. The monoisotopic (exact) mass is 518 g/mol. The van der Waals surface area contributed by atoms with Crippen LogP contribution in [0.15, 0.2) is 51.4 Å². The molecule has 0 aromatic heterocycles. The van der Waals surface area contributed by atoms with Crippen molar-refractivity contribution in [1.29, 1.82) is 0 Å². The Hall–Kier alpha value is -1.28. The van der Waals surface area contributed by atoms with E-state index in [9.17, 15) is 5.11 Å². The summed E-state index contributed by atoms with van der Waals surface area (Å²) in [6.07, 6.45) is 15.9. The molecule has 0 aromatic carbocycles. The average molecular weight is 519 g/mol. The third kappa shape index (κ3) is 19.1. The van der Waals surface area contributed by atoms with Gasteiger partial charge in [0.25, 0.3) is 0 Å². The fourth-order valence-corrected chi connectivity index (χ4v) is 2.75. The van der Waals surface area contributed by atoms with Gasteiger partial charge in [-0.25, -0.2) is 0 Å². The van der Waals surface area contributed by atoms with Gasteiger partial charge in [-0.1, -0.05) is 91.0 Å². The first kappa shape index (κ1) is 37.3. The van der Waals surface area contributed by atoms with Gasteiger partial charge in [0.2, 0.25) is 0 Å². The van der Waals surface area contributed by atoms with E-state index in [2.05, 4.69) is 33.2 Å². The number of ether oxygens (including phenoxy) is 5. The van der Waals surface area contributed by atoms with E-state index in [1.54, 1.807) is 0 Å². The van der Waals surface area contributed by atoms with Crippen LogP contribution >= 0.6 is 0 Å². The maximum absolute atomic E-state index is 10.7. The Morgan fingerprint density at radius 3 is 1.38 bits per heavy atom. The molecule has 0 radical (unpaired) electrons. The minimum Gasteiger partial charge on any atom is -0.759 e. The van der Waals surface area contributed by atoms with Gasteiger partial charge in [-0.2, -0.15) is 0 Å². The van der Waals surface area contributed by atoms with Gasteiger partial charge in [-0.05, 0) is 6.42 Å². The second-order valence-corrected chi connectivity index (χ2v) is 7.53. The van der Waals surface area contributed by atoms with Gasteiger partial charge in [0.1, 0.15) is 0 Å². The van der Waals surface area contributed by atoms with Gasteiger partial charge < -0.3 is 33.2 Å². The molecule has 0 aromatic rings. The molecule has 0 saturated carbocycles. The molecule has 0 fully saturated rings. The molecule has 0 saturated heterocycles. The summed E-state index contributed by atoms with van der Waals surface area (Å²) in [6, 6.07) is 0. The molecule has 0 rings (SSSR count). The molecule has 0 spiro atoms. The van der Waals surface area contributed by atoms with Crippen LogP contribution in [0.4, 0.5) is 0 Å². The molecular weight excluding hydrogens is 481 g/mol. The zero-order valence-electron chi connectivity index (χ0n) is 20.2. The Balaban J connectivity index is -0.00000144. The van der Waals surface area contributed by atoms with Gasteiger partial charge in [0.05, 0.1) is 31.7 Å². The van der Waals surface area contributed by atoms with Gasteiger partial charge in [-0.15, -0.1) is 0 Å². The molecule has 194 valence electrons. The summed E-state index contributed by atoms with van der Waals surface area (Å²) >= 11 is 0. The van der Waals surface area contributed by atoms with Crippen molar-refractivity contribution < 1.29 is 46.3 Å². The molecule has 0 bridgehead atoms. The third-order valence-electron chi connectivity index (χ3n) is 4.14. The Labute approximate surface area is 220 Å². The number of hydrogen-bond acceptors (Lipinski definition) is 10. The van der Waals surface area contributed by atoms with Crippen molar-refractivity contribution in [2.45, 2.75) is 83.1 Å². The number of aliphatic hydroxyl groups is 1. The van der Waals surface area contributed by atoms with Gasteiger partial charge in [0.15, 0.2) is 0 Å². The molecule has 0 aliphatic heterocycles. The summed E-state index contributed by atoms with van der Waals surface area (Å²) in [5, 5.41) is 10.7. The Morgan fingerprint density at radius 2 is 1.06 bits per heavy atom. The molecule has 10 nitrogen and oxygen atoms in total. The molecule has 12 heteroatoms. The minimum absolute atomic E-state index is 0. The molecular formula is C22H38MgO10S. The van der Waals surface area contributed by atoms with Crippen LogP contribution < -0.4 is 0 Å². The Morgan fingerprint density at radius 1 is 0.735 bits per heavy atom. The summed E-state index contributed by atoms with van der Waals surface area (Å²) in [7, 11) is -5.17. The first-order chi connectivity index (χ1) is 15.6. The molecule has 34 heavy (non-hydrogen) atoms. The van der Waals surface area contributed by atoms with E-state index in [1.807, 2.05) is 0 Å². The van der Waals surface area contributed by atoms with E-state index >= 15 is 0 Å². The van der Waals surface area contributed by atoms with E-state index in [1.165, 1.54) is 44.9 Å². The van der Waals surface area contributed by atoms with Crippen LogP contribution in [0.2, 0.25) is 0 Å². The Bertz CT molecular complexity index is 612. The topological polar surface area (TPSA) is 147 Å². The summed E-state index contributed by atoms with van der Waals surface area (Å²) in [6.45, 7) is 16.2. The molecule has 0 aliphatic rings. The van der Waals surface area contributed by atoms with Crippen LogP contribution in [0.3, 0.4) is 0 Å². The number of rotatable bonds is 21. The van der Waals surface area contributed by atoms with Gasteiger partial charge in [-0.3, -0.25) is 13.2 Å². The number of hydrogen-bond donors (Lipinski definition) is 1. The largest absolute Gasteiger partial charge is 2.00 e. The zero-order valence-corrected chi connectivity index (χ0v) is 22.4. The second kappa shape index (κ2) is 22.2. The smallest absolute Gasteiger partial charge is 0.759 e.